The van der Waals surface area contributed by atoms with Crippen LogP contribution in [0.4, 0.5) is 0 Å². The summed E-state index contributed by atoms with van der Waals surface area (Å²) in [5.41, 5.74) is 0. The van der Waals surface area contributed by atoms with E-state index in [4.69, 9.17) is 0 Å². The summed E-state index contributed by atoms with van der Waals surface area (Å²) in [6, 6.07) is 0.211. The van der Waals surface area contributed by atoms with E-state index >= 15 is 0 Å². The normalized spacial score (nSPS) is 25.3. The van der Waals surface area contributed by atoms with Gasteiger partial charge in [-0.2, -0.15) is 0 Å². The van der Waals surface area contributed by atoms with E-state index in [0.717, 1.165) is 0 Å². The molecule has 0 aliphatic carbocycles. The standard InChI is InChI=1S/C8H11NO/c1-2-3-7-6-8(10)4-5-9-7/h2-5,7,9H,6H2,1H3/b3-2-/t7-/m0/s1. The number of ketones is 1. The van der Waals surface area contributed by atoms with Crippen LogP contribution in [0.5, 0.6) is 0 Å². The molecule has 0 bridgehead atoms. The van der Waals surface area contributed by atoms with Crippen molar-refractivity contribution in [3.05, 3.63) is 24.4 Å². The first-order valence-electron chi connectivity index (χ1n) is 3.41. The van der Waals surface area contributed by atoms with Gasteiger partial charge < -0.3 is 5.32 Å². The van der Waals surface area contributed by atoms with Crippen molar-refractivity contribution in [2.24, 2.45) is 0 Å². The SMILES string of the molecule is C/C=C\[C@H]1CC(=O)C=CN1. The van der Waals surface area contributed by atoms with Crippen molar-refractivity contribution in [1.29, 1.82) is 0 Å². The quantitative estimate of drug-likeness (QED) is 0.546. The molecule has 0 aromatic carbocycles. The van der Waals surface area contributed by atoms with Crippen LogP contribution in [0.15, 0.2) is 24.4 Å². The summed E-state index contributed by atoms with van der Waals surface area (Å²) in [4.78, 5) is 10.8. The summed E-state index contributed by atoms with van der Waals surface area (Å²) in [6.45, 7) is 1.95. The van der Waals surface area contributed by atoms with Crippen LogP contribution in [-0.2, 0) is 4.79 Å². The Bertz CT molecular complexity index is 182. The second-order valence-corrected chi connectivity index (χ2v) is 2.30. The lowest BCUT2D eigenvalue weighted by atomic mass is 10.1. The number of nitrogens with one attached hydrogen (secondary N) is 1. The number of hydrogen-bond acceptors (Lipinski definition) is 2. The molecule has 0 saturated heterocycles. The molecule has 54 valence electrons. The number of allylic oxidation sites excluding steroid dienone is 2. The van der Waals surface area contributed by atoms with Gasteiger partial charge in [-0.3, -0.25) is 4.79 Å². The molecule has 1 rings (SSSR count). The lowest BCUT2D eigenvalue weighted by Crippen LogP contribution is -2.28. The molecule has 0 saturated carbocycles. The van der Waals surface area contributed by atoms with Crippen LogP contribution in [0.2, 0.25) is 0 Å². The second-order valence-electron chi connectivity index (χ2n) is 2.30. The molecule has 0 spiro atoms. The maximum Gasteiger partial charge on any atom is 0.159 e. The Kier molecular flexibility index (Phi) is 2.26. The van der Waals surface area contributed by atoms with Gasteiger partial charge in [0.1, 0.15) is 0 Å². The highest BCUT2D eigenvalue weighted by atomic mass is 16.1. The zero-order chi connectivity index (χ0) is 7.40. The van der Waals surface area contributed by atoms with Crippen molar-refractivity contribution in [3.8, 4) is 0 Å². The predicted octanol–water partition coefficient (Wildman–Crippen LogP) is 1.01. The summed E-state index contributed by atoms with van der Waals surface area (Å²) in [7, 11) is 0. The first kappa shape index (κ1) is 7.06. The van der Waals surface area contributed by atoms with E-state index in [1.165, 1.54) is 0 Å². The molecule has 0 fully saturated rings. The van der Waals surface area contributed by atoms with Crippen molar-refractivity contribution in [2.75, 3.05) is 0 Å². The van der Waals surface area contributed by atoms with Crippen LogP contribution in [0, 0.1) is 0 Å². The predicted molar refractivity (Wildman–Crippen MR) is 40.5 cm³/mol. The van der Waals surface area contributed by atoms with Crippen LogP contribution in [0.1, 0.15) is 13.3 Å². The lowest BCUT2D eigenvalue weighted by molar-refractivity contribution is -0.115. The molecule has 10 heavy (non-hydrogen) atoms. The minimum Gasteiger partial charge on any atom is -0.384 e. The van der Waals surface area contributed by atoms with E-state index in [1.54, 1.807) is 12.3 Å². The highest BCUT2D eigenvalue weighted by molar-refractivity contribution is 5.91. The molecule has 0 aromatic heterocycles. The zero-order valence-corrected chi connectivity index (χ0v) is 6.00. The van der Waals surface area contributed by atoms with Crippen LogP contribution >= 0.6 is 0 Å². The third-order valence-corrected chi connectivity index (χ3v) is 1.43. The number of rotatable bonds is 1. The maximum absolute atomic E-state index is 10.8. The Morgan fingerprint density at radius 2 is 2.60 bits per heavy atom. The number of hydrogen-bond donors (Lipinski definition) is 1. The van der Waals surface area contributed by atoms with E-state index < -0.39 is 0 Å². The highest BCUT2D eigenvalue weighted by Crippen LogP contribution is 2.01. The molecule has 1 N–H and O–H groups in total. The first-order valence-corrected chi connectivity index (χ1v) is 3.41. The Hall–Kier alpha value is -1.05. The summed E-state index contributed by atoms with van der Waals surface area (Å²) < 4.78 is 0. The molecule has 1 heterocycles. The molecule has 0 amide bonds. The third kappa shape index (κ3) is 1.72. The minimum absolute atomic E-state index is 0.196. The Morgan fingerprint density at radius 3 is 3.20 bits per heavy atom. The number of carbonyl (C=O) groups excluding carboxylic acids is 1. The molecule has 1 atom stereocenters. The van der Waals surface area contributed by atoms with Gasteiger partial charge in [-0.1, -0.05) is 12.2 Å². The molecule has 2 heteroatoms. The van der Waals surface area contributed by atoms with Crippen LogP contribution < -0.4 is 5.32 Å². The third-order valence-electron chi connectivity index (χ3n) is 1.43. The number of carbonyl (C=O) groups is 1. The van der Waals surface area contributed by atoms with E-state index in [2.05, 4.69) is 5.32 Å². The first-order chi connectivity index (χ1) is 4.83. The summed E-state index contributed by atoms with van der Waals surface area (Å²) >= 11 is 0. The zero-order valence-electron chi connectivity index (χ0n) is 6.00. The van der Waals surface area contributed by atoms with Crippen molar-refractivity contribution in [1.82, 2.24) is 5.32 Å². The van der Waals surface area contributed by atoms with E-state index in [-0.39, 0.29) is 11.8 Å². The van der Waals surface area contributed by atoms with E-state index in [9.17, 15) is 4.79 Å². The van der Waals surface area contributed by atoms with Gasteiger partial charge in [0.25, 0.3) is 0 Å². The lowest BCUT2D eigenvalue weighted by Gasteiger charge is -2.14. The second kappa shape index (κ2) is 3.20. The molecular formula is C8H11NO. The van der Waals surface area contributed by atoms with Gasteiger partial charge in [0.05, 0.1) is 6.04 Å². The molecule has 1 aliphatic heterocycles. The molecule has 2 nitrogen and oxygen atoms in total. The van der Waals surface area contributed by atoms with Gasteiger partial charge in [-0.05, 0) is 13.0 Å². The molecule has 0 radical (unpaired) electrons. The smallest absolute Gasteiger partial charge is 0.159 e. The monoisotopic (exact) mass is 137 g/mol. The molecule has 0 aromatic rings. The highest BCUT2D eigenvalue weighted by Gasteiger charge is 2.09. The summed E-state index contributed by atoms with van der Waals surface area (Å²) in [5, 5.41) is 3.06. The van der Waals surface area contributed by atoms with Gasteiger partial charge in [0.15, 0.2) is 5.78 Å². The van der Waals surface area contributed by atoms with Crippen molar-refractivity contribution in [3.63, 3.8) is 0 Å². The summed E-state index contributed by atoms with van der Waals surface area (Å²) in [6.07, 6.45) is 7.79. The average molecular weight is 137 g/mol. The minimum atomic E-state index is 0.196. The average Bonchev–Trinajstić information content (AvgIpc) is 1.88. The molecule has 0 unspecified atom stereocenters. The van der Waals surface area contributed by atoms with Gasteiger partial charge in [-0.15, -0.1) is 0 Å². The van der Waals surface area contributed by atoms with Gasteiger partial charge in [0.2, 0.25) is 0 Å². The Balaban J connectivity index is 2.52. The fourth-order valence-electron chi connectivity index (χ4n) is 0.964. The van der Waals surface area contributed by atoms with Crippen LogP contribution in [-0.4, -0.2) is 11.8 Å². The fourth-order valence-corrected chi connectivity index (χ4v) is 0.964. The maximum atomic E-state index is 10.8. The Morgan fingerprint density at radius 1 is 1.80 bits per heavy atom. The summed E-state index contributed by atoms with van der Waals surface area (Å²) in [5.74, 6) is 0.196. The van der Waals surface area contributed by atoms with Crippen molar-refractivity contribution >= 4 is 5.78 Å². The molecule has 1 aliphatic rings. The van der Waals surface area contributed by atoms with E-state index in [1.807, 2.05) is 19.1 Å². The molecular weight excluding hydrogens is 126 g/mol. The topological polar surface area (TPSA) is 29.1 Å². The largest absolute Gasteiger partial charge is 0.384 e. The van der Waals surface area contributed by atoms with Gasteiger partial charge >= 0.3 is 0 Å². The van der Waals surface area contributed by atoms with Crippen molar-refractivity contribution in [2.45, 2.75) is 19.4 Å². The van der Waals surface area contributed by atoms with Crippen molar-refractivity contribution < 1.29 is 4.79 Å². The van der Waals surface area contributed by atoms with E-state index in [0.29, 0.717) is 6.42 Å². The van der Waals surface area contributed by atoms with Crippen LogP contribution in [0.3, 0.4) is 0 Å². The Labute approximate surface area is 60.6 Å². The van der Waals surface area contributed by atoms with Crippen LogP contribution in [0.25, 0.3) is 0 Å². The van der Waals surface area contributed by atoms with Gasteiger partial charge in [-0.25, -0.2) is 0 Å². The fraction of sp³-hybridized carbons (Fsp3) is 0.375. The van der Waals surface area contributed by atoms with Gasteiger partial charge in [0, 0.05) is 12.6 Å².